The summed E-state index contributed by atoms with van der Waals surface area (Å²) in [6.07, 6.45) is 7.11. The predicted molar refractivity (Wildman–Crippen MR) is 230 cm³/mol. The molecular weight excluding hydrogens is 784 g/mol. The molecule has 0 spiro atoms. The third-order valence-corrected chi connectivity index (χ3v) is 8.15. The molecule has 0 aromatic rings. The highest BCUT2D eigenvalue weighted by atomic mass is 16.6. The van der Waals surface area contributed by atoms with Crippen molar-refractivity contribution in [2.75, 3.05) is 198 Å². The molecule has 0 aromatic carbocycles. The zero-order chi connectivity index (χ0) is 43.5. The Morgan fingerprint density at radius 1 is 0.250 bits per heavy atom. The third-order valence-electron chi connectivity index (χ3n) is 8.15. The molecular formula is C44H90O16. The van der Waals surface area contributed by atoms with E-state index in [2.05, 4.69) is 27.7 Å². The van der Waals surface area contributed by atoms with Gasteiger partial charge in [-0.25, -0.2) is 0 Å². The van der Waals surface area contributed by atoms with Crippen LogP contribution in [0.15, 0.2) is 0 Å². The van der Waals surface area contributed by atoms with Crippen molar-refractivity contribution in [1.29, 1.82) is 0 Å². The van der Waals surface area contributed by atoms with Crippen molar-refractivity contribution in [2.45, 2.75) is 78.7 Å². The summed E-state index contributed by atoms with van der Waals surface area (Å²) in [6.45, 7) is 25.7. The van der Waals surface area contributed by atoms with E-state index in [0.29, 0.717) is 183 Å². The second-order valence-electron chi connectivity index (χ2n) is 14.8. The van der Waals surface area contributed by atoms with Gasteiger partial charge in [-0.05, 0) is 56.8 Å². The fraction of sp³-hybridized carbons (Fsp3) is 1.00. The molecule has 0 unspecified atom stereocenters. The molecule has 0 amide bonds. The summed E-state index contributed by atoms with van der Waals surface area (Å²) in [5, 5.41) is 8.60. The number of hydrogen-bond donors (Lipinski definition) is 1. The number of aliphatic hydroxyl groups is 1. The van der Waals surface area contributed by atoms with Crippen molar-refractivity contribution in [3.8, 4) is 0 Å². The van der Waals surface area contributed by atoms with Gasteiger partial charge in [0, 0.05) is 66.1 Å². The van der Waals surface area contributed by atoms with Crippen LogP contribution in [0.3, 0.4) is 0 Å². The Kier molecular flexibility index (Phi) is 52.1. The summed E-state index contributed by atoms with van der Waals surface area (Å²) in [7, 11) is 0. The van der Waals surface area contributed by atoms with E-state index in [1.807, 2.05) is 0 Å². The molecule has 0 heterocycles. The molecule has 0 aliphatic rings. The van der Waals surface area contributed by atoms with Gasteiger partial charge in [-0.15, -0.1) is 0 Å². The van der Waals surface area contributed by atoms with Crippen molar-refractivity contribution >= 4 is 0 Å². The standard InChI is InChI=1S/C44H90O16/c1-42(2)40-44(41-43(3)4)60-20-9-19-49-16-7-15-47-12-5-11-46-13-6-14-48-17-8-18-50-22-24-52-26-28-54-30-32-56-34-36-58-38-39-59-37-35-57-33-31-55-29-27-53-25-23-51-21-10-45/h42-45H,5-41H2,1-4H3. The van der Waals surface area contributed by atoms with Crippen LogP contribution < -0.4 is 0 Å². The fourth-order valence-electron chi connectivity index (χ4n) is 5.30. The summed E-state index contributed by atoms with van der Waals surface area (Å²) in [5.41, 5.74) is 0. The van der Waals surface area contributed by atoms with E-state index < -0.39 is 0 Å². The first-order chi connectivity index (χ1) is 29.6. The van der Waals surface area contributed by atoms with Crippen LogP contribution >= 0.6 is 0 Å². The molecule has 0 aliphatic heterocycles. The van der Waals surface area contributed by atoms with E-state index in [9.17, 15) is 0 Å². The molecule has 60 heavy (non-hydrogen) atoms. The van der Waals surface area contributed by atoms with E-state index in [1.54, 1.807) is 0 Å². The van der Waals surface area contributed by atoms with Gasteiger partial charge in [0.25, 0.3) is 0 Å². The molecule has 0 rings (SSSR count). The highest BCUT2D eigenvalue weighted by Gasteiger charge is 2.13. The summed E-state index contributed by atoms with van der Waals surface area (Å²) < 4.78 is 83.3. The van der Waals surface area contributed by atoms with E-state index in [4.69, 9.17) is 76.2 Å². The normalized spacial score (nSPS) is 12.0. The maximum atomic E-state index is 8.60. The van der Waals surface area contributed by atoms with E-state index in [-0.39, 0.29) is 6.61 Å². The topological polar surface area (TPSA) is 159 Å². The second kappa shape index (κ2) is 52.7. The summed E-state index contributed by atoms with van der Waals surface area (Å²) in [5.74, 6) is 1.33. The van der Waals surface area contributed by atoms with Crippen LogP contribution in [0.2, 0.25) is 0 Å². The van der Waals surface area contributed by atoms with Crippen LogP contribution in [0.25, 0.3) is 0 Å². The molecule has 0 saturated carbocycles. The van der Waals surface area contributed by atoms with Gasteiger partial charge in [0.15, 0.2) is 0 Å². The predicted octanol–water partition coefficient (Wildman–Crippen LogP) is 4.64. The highest BCUT2D eigenvalue weighted by molar-refractivity contribution is 4.63. The van der Waals surface area contributed by atoms with Crippen LogP contribution in [0, 0.1) is 11.8 Å². The Morgan fingerprint density at radius 3 is 0.650 bits per heavy atom. The van der Waals surface area contributed by atoms with Crippen LogP contribution in [0.5, 0.6) is 0 Å². The minimum Gasteiger partial charge on any atom is -0.394 e. The van der Waals surface area contributed by atoms with Gasteiger partial charge in [-0.3, -0.25) is 0 Å². The van der Waals surface area contributed by atoms with E-state index in [1.165, 1.54) is 0 Å². The van der Waals surface area contributed by atoms with Gasteiger partial charge in [-0.1, -0.05) is 27.7 Å². The lowest BCUT2D eigenvalue weighted by atomic mass is 9.98. The maximum Gasteiger partial charge on any atom is 0.0701 e. The van der Waals surface area contributed by atoms with Gasteiger partial charge in [0.05, 0.1) is 138 Å². The number of ether oxygens (including phenoxy) is 15. The Labute approximate surface area is 364 Å². The van der Waals surface area contributed by atoms with Gasteiger partial charge in [0.2, 0.25) is 0 Å². The monoisotopic (exact) mass is 875 g/mol. The molecule has 16 nitrogen and oxygen atoms in total. The number of rotatable bonds is 54. The first-order valence-electron chi connectivity index (χ1n) is 22.9. The Bertz CT molecular complexity index is 760. The van der Waals surface area contributed by atoms with Gasteiger partial charge in [0.1, 0.15) is 0 Å². The lowest BCUT2D eigenvalue weighted by Crippen LogP contribution is -2.19. The van der Waals surface area contributed by atoms with Crippen molar-refractivity contribution in [3.05, 3.63) is 0 Å². The van der Waals surface area contributed by atoms with Crippen LogP contribution in [-0.2, 0) is 71.1 Å². The molecule has 0 fully saturated rings. The molecule has 0 aliphatic carbocycles. The smallest absolute Gasteiger partial charge is 0.0701 e. The first-order valence-corrected chi connectivity index (χ1v) is 22.9. The molecule has 0 bridgehead atoms. The van der Waals surface area contributed by atoms with Gasteiger partial charge in [-0.2, -0.15) is 0 Å². The lowest BCUT2D eigenvalue weighted by Gasteiger charge is -2.21. The first kappa shape index (κ1) is 59.4. The van der Waals surface area contributed by atoms with Crippen molar-refractivity contribution in [1.82, 2.24) is 0 Å². The average molecular weight is 875 g/mol. The maximum absolute atomic E-state index is 8.60. The van der Waals surface area contributed by atoms with Crippen LogP contribution in [0.4, 0.5) is 0 Å². The zero-order valence-corrected chi connectivity index (χ0v) is 38.5. The average Bonchev–Trinajstić information content (AvgIpc) is 3.22. The van der Waals surface area contributed by atoms with Crippen LogP contribution in [0.1, 0.15) is 72.6 Å². The SMILES string of the molecule is CC(C)CC(CC(C)C)OCCCOCCCOCCCOCCCOCCCOCCOCCOCCOCCOCCOCCOCCOCCOCCOCCO. The number of hydrogen-bond acceptors (Lipinski definition) is 16. The van der Waals surface area contributed by atoms with E-state index >= 15 is 0 Å². The molecule has 1 N–H and O–H groups in total. The Morgan fingerprint density at radius 2 is 0.433 bits per heavy atom. The molecule has 0 radical (unpaired) electrons. The minimum atomic E-state index is 0.0241. The van der Waals surface area contributed by atoms with Crippen molar-refractivity contribution < 1.29 is 76.2 Å². The minimum absolute atomic E-state index is 0.0241. The Balaban J connectivity index is 3.13. The second-order valence-corrected chi connectivity index (χ2v) is 14.8. The molecule has 0 atom stereocenters. The fourth-order valence-corrected chi connectivity index (χ4v) is 5.30. The van der Waals surface area contributed by atoms with E-state index in [0.717, 1.165) is 71.4 Å². The Hall–Kier alpha value is -0.640. The molecule has 16 heteroatoms. The number of aliphatic hydroxyl groups excluding tert-OH is 1. The van der Waals surface area contributed by atoms with Crippen molar-refractivity contribution in [3.63, 3.8) is 0 Å². The summed E-state index contributed by atoms with van der Waals surface area (Å²) in [4.78, 5) is 0. The van der Waals surface area contributed by atoms with Crippen LogP contribution in [-0.4, -0.2) is 209 Å². The largest absolute Gasteiger partial charge is 0.394 e. The molecule has 0 saturated heterocycles. The quantitative estimate of drug-likeness (QED) is 0.0843. The molecule has 362 valence electrons. The summed E-state index contributed by atoms with van der Waals surface area (Å²) >= 11 is 0. The van der Waals surface area contributed by atoms with Gasteiger partial charge >= 0.3 is 0 Å². The lowest BCUT2D eigenvalue weighted by molar-refractivity contribution is -0.0270. The zero-order valence-electron chi connectivity index (χ0n) is 38.5. The summed E-state index contributed by atoms with van der Waals surface area (Å²) in [6, 6.07) is 0. The van der Waals surface area contributed by atoms with Gasteiger partial charge < -0.3 is 76.2 Å². The molecule has 0 aromatic heterocycles. The third kappa shape index (κ3) is 53.5. The highest BCUT2D eigenvalue weighted by Crippen LogP contribution is 2.16. The van der Waals surface area contributed by atoms with Crippen molar-refractivity contribution in [2.24, 2.45) is 11.8 Å².